The molecule has 36 heavy (non-hydrogen) atoms. The second-order valence-corrected chi connectivity index (χ2v) is 12.1. The van der Waals surface area contributed by atoms with E-state index in [-0.39, 0.29) is 29.9 Å². The van der Waals surface area contributed by atoms with Gasteiger partial charge in [-0.2, -0.15) is 0 Å². The van der Waals surface area contributed by atoms with Gasteiger partial charge in [-0.1, -0.05) is 19.9 Å². The summed E-state index contributed by atoms with van der Waals surface area (Å²) in [4.78, 5) is 46.0. The van der Waals surface area contributed by atoms with Crippen molar-refractivity contribution in [3.8, 4) is 0 Å². The number of aromatic amines is 1. The number of H-pyrrole nitrogens is 1. The normalized spacial score (nSPS) is 14.8. The van der Waals surface area contributed by atoms with E-state index in [1.54, 1.807) is 18.6 Å². The van der Waals surface area contributed by atoms with Gasteiger partial charge in [0.25, 0.3) is 0 Å². The van der Waals surface area contributed by atoms with Gasteiger partial charge in [-0.05, 0) is 54.9 Å². The Balaban J connectivity index is 3.31. The van der Waals surface area contributed by atoms with E-state index in [9.17, 15) is 19.5 Å². The molecule has 9 nitrogen and oxygen atoms in total. The topological polar surface area (TPSA) is 136 Å². The zero-order valence-corrected chi connectivity index (χ0v) is 23.5. The molecular formula is C27H47N5O4. The van der Waals surface area contributed by atoms with E-state index in [1.165, 1.54) is 0 Å². The molecule has 1 heterocycles. The number of aliphatic carboxylic acids is 1. The van der Waals surface area contributed by atoms with Gasteiger partial charge in [0, 0.05) is 47.8 Å². The van der Waals surface area contributed by atoms with Crippen LogP contribution in [0, 0.1) is 5.41 Å². The Morgan fingerprint density at radius 3 is 2.11 bits per heavy atom. The van der Waals surface area contributed by atoms with Crippen molar-refractivity contribution < 1.29 is 19.5 Å². The maximum absolute atomic E-state index is 13.9. The summed E-state index contributed by atoms with van der Waals surface area (Å²) in [6, 6.07) is -1.27. The SMILES string of the molecule is C=CCNC(C)(C)C(=O)C(Cc1cnc[nH]1)NC(C)(C)C(C)(C)C(=O)C(CCC(=O)O)NC(C)(C)C. The number of carbonyl (C=O) groups is 3. The van der Waals surface area contributed by atoms with E-state index in [0.717, 1.165) is 5.69 Å². The van der Waals surface area contributed by atoms with Gasteiger partial charge >= 0.3 is 5.97 Å². The molecule has 1 rings (SSSR count). The molecule has 5 N–H and O–H groups in total. The van der Waals surface area contributed by atoms with Crippen molar-refractivity contribution in [2.24, 2.45) is 5.41 Å². The molecule has 1 aromatic rings. The van der Waals surface area contributed by atoms with Gasteiger partial charge in [-0.15, -0.1) is 6.58 Å². The molecule has 0 radical (unpaired) electrons. The molecule has 0 spiro atoms. The molecule has 0 saturated heterocycles. The Morgan fingerprint density at radius 1 is 1.03 bits per heavy atom. The third-order valence-electron chi connectivity index (χ3n) is 6.88. The average Bonchev–Trinajstić information content (AvgIpc) is 3.25. The van der Waals surface area contributed by atoms with Crippen LogP contribution < -0.4 is 16.0 Å². The van der Waals surface area contributed by atoms with Crippen LogP contribution in [0.2, 0.25) is 0 Å². The Kier molecular flexibility index (Phi) is 10.8. The fourth-order valence-electron chi connectivity index (χ4n) is 4.09. The van der Waals surface area contributed by atoms with Gasteiger partial charge < -0.3 is 26.0 Å². The van der Waals surface area contributed by atoms with Crippen LogP contribution in [0.3, 0.4) is 0 Å². The molecule has 0 bridgehead atoms. The minimum atomic E-state index is -0.946. The fourth-order valence-corrected chi connectivity index (χ4v) is 4.09. The predicted octanol–water partition coefficient (Wildman–Crippen LogP) is 3.03. The van der Waals surface area contributed by atoms with Crippen molar-refractivity contribution in [2.45, 2.75) is 110 Å². The Bertz CT molecular complexity index is 898. The van der Waals surface area contributed by atoms with Gasteiger partial charge in [0.05, 0.1) is 23.9 Å². The van der Waals surface area contributed by atoms with Gasteiger partial charge in [-0.3, -0.25) is 14.4 Å². The summed E-state index contributed by atoms with van der Waals surface area (Å²) in [5, 5.41) is 19.3. The van der Waals surface area contributed by atoms with Crippen LogP contribution in [0.15, 0.2) is 25.2 Å². The number of rotatable bonds is 16. The highest BCUT2D eigenvalue weighted by atomic mass is 16.4. The predicted molar refractivity (Wildman–Crippen MR) is 143 cm³/mol. The second-order valence-electron chi connectivity index (χ2n) is 12.1. The first-order valence-electron chi connectivity index (χ1n) is 12.5. The van der Waals surface area contributed by atoms with Gasteiger partial charge in [0.2, 0.25) is 0 Å². The van der Waals surface area contributed by atoms with Crippen molar-refractivity contribution in [2.75, 3.05) is 6.54 Å². The highest BCUT2D eigenvalue weighted by molar-refractivity contribution is 5.93. The maximum Gasteiger partial charge on any atom is 0.303 e. The number of imidazole rings is 1. The highest BCUT2D eigenvalue weighted by Crippen LogP contribution is 2.35. The van der Waals surface area contributed by atoms with E-state index in [1.807, 2.05) is 62.3 Å². The minimum absolute atomic E-state index is 0.0504. The molecule has 0 saturated carbocycles. The van der Waals surface area contributed by atoms with Gasteiger partial charge in [-0.25, -0.2) is 4.98 Å². The van der Waals surface area contributed by atoms with Crippen molar-refractivity contribution >= 4 is 17.5 Å². The van der Waals surface area contributed by atoms with Crippen LogP contribution in [-0.4, -0.2) is 67.9 Å². The molecular weight excluding hydrogens is 458 g/mol. The maximum atomic E-state index is 13.9. The number of ketones is 2. The Morgan fingerprint density at radius 2 is 1.64 bits per heavy atom. The summed E-state index contributed by atoms with van der Waals surface area (Å²) in [7, 11) is 0. The van der Waals surface area contributed by atoms with Gasteiger partial charge in [0.1, 0.15) is 0 Å². The van der Waals surface area contributed by atoms with Crippen LogP contribution in [0.25, 0.3) is 0 Å². The minimum Gasteiger partial charge on any atom is -0.481 e. The molecule has 2 unspecified atom stereocenters. The molecule has 1 aromatic heterocycles. The first kappa shape index (κ1) is 31.7. The standard InChI is InChI=1S/C27H47N5O4/c1-11-14-30-26(7,8)23(36)20(15-18-16-28-17-29-18)32-27(9,10)25(5,6)22(35)19(12-13-21(33)34)31-24(2,3)4/h11,16-17,19-20,30-32H,1,12-15H2,2-10H3,(H,28,29)(H,33,34). The van der Waals surface area contributed by atoms with Crippen LogP contribution >= 0.6 is 0 Å². The molecule has 204 valence electrons. The molecule has 0 aliphatic carbocycles. The third kappa shape index (κ3) is 8.94. The quantitative estimate of drug-likeness (QED) is 0.216. The lowest BCUT2D eigenvalue weighted by molar-refractivity contribution is -0.138. The number of carboxylic acid groups (broad SMARTS) is 1. The van der Waals surface area contributed by atoms with Gasteiger partial charge in [0.15, 0.2) is 11.6 Å². The molecule has 0 aromatic carbocycles. The smallest absolute Gasteiger partial charge is 0.303 e. The van der Waals surface area contributed by atoms with Crippen molar-refractivity contribution in [3.05, 3.63) is 30.9 Å². The zero-order valence-electron chi connectivity index (χ0n) is 23.5. The summed E-state index contributed by atoms with van der Waals surface area (Å²) < 4.78 is 0. The molecule has 0 aliphatic heterocycles. The lowest BCUT2D eigenvalue weighted by Crippen LogP contribution is -2.66. The molecule has 0 fully saturated rings. The number of nitrogens with zero attached hydrogens (tertiary/aromatic N) is 1. The summed E-state index contributed by atoms with van der Waals surface area (Å²) in [5.74, 6) is -1.10. The number of nitrogens with one attached hydrogen (secondary N) is 4. The van der Waals surface area contributed by atoms with Crippen molar-refractivity contribution in [1.82, 2.24) is 25.9 Å². The third-order valence-corrected chi connectivity index (χ3v) is 6.88. The van der Waals surface area contributed by atoms with Crippen molar-refractivity contribution in [1.29, 1.82) is 0 Å². The lowest BCUT2D eigenvalue weighted by atomic mass is 9.68. The van der Waals surface area contributed by atoms with Crippen LogP contribution in [0.1, 0.15) is 80.8 Å². The Labute approximate surface area is 216 Å². The van der Waals surface area contributed by atoms with Crippen LogP contribution in [-0.2, 0) is 20.8 Å². The van der Waals surface area contributed by atoms with Crippen molar-refractivity contribution in [3.63, 3.8) is 0 Å². The van der Waals surface area contributed by atoms with E-state index in [2.05, 4.69) is 32.5 Å². The summed E-state index contributed by atoms with van der Waals surface area (Å²) in [5.41, 5.74) is -2.19. The first-order valence-corrected chi connectivity index (χ1v) is 12.5. The Hall–Kier alpha value is -2.36. The number of hydrogen-bond donors (Lipinski definition) is 5. The molecule has 0 aliphatic rings. The first-order chi connectivity index (χ1) is 16.3. The van der Waals surface area contributed by atoms with Crippen LogP contribution in [0.4, 0.5) is 0 Å². The number of carbonyl (C=O) groups excluding carboxylic acids is 2. The second kappa shape index (κ2) is 12.3. The largest absolute Gasteiger partial charge is 0.481 e. The highest BCUT2D eigenvalue weighted by Gasteiger charge is 2.48. The molecule has 9 heteroatoms. The summed E-state index contributed by atoms with van der Waals surface area (Å²) in [6.45, 7) is 21.2. The average molecular weight is 506 g/mol. The van der Waals surface area contributed by atoms with E-state index in [0.29, 0.717) is 13.0 Å². The molecule has 2 atom stereocenters. The van der Waals surface area contributed by atoms with E-state index < -0.39 is 34.5 Å². The number of hydrogen-bond acceptors (Lipinski definition) is 7. The lowest BCUT2D eigenvalue weighted by Gasteiger charge is -2.46. The number of Topliss-reactive ketones (excluding diaryl/α,β-unsaturated/α-hetero) is 2. The van der Waals surface area contributed by atoms with E-state index >= 15 is 0 Å². The summed E-state index contributed by atoms with van der Waals surface area (Å²) in [6.07, 6.45) is 5.39. The fraction of sp³-hybridized carbons (Fsp3) is 0.704. The summed E-state index contributed by atoms with van der Waals surface area (Å²) >= 11 is 0. The van der Waals surface area contributed by atoms with E-state index in [4.69, 9.17) is 0 Å². The number of carboxylic acids is 1. The monoisotopic (exact) mass is 505 g/mol. The van der Waals surface area contributed by atoms with Crippen LogP contribution in [0.5, 0.6) is 0 Å². The number of aromatic nitrogens is 2. The zero-order chi connectivity index (χ0) is 27.9. The molecule has 0 amide bonds.